The fourth-order valence-electron chi connectivity index (χ4n) is 3.04. The van der Waals surface area contributed by atoms with Gasteiger partial charge in [-0.3, -0.25) is 0 Å². The minimum Gasteiger partial charge on any atom is -0.477 e. The molecule has 1 fully saturated rings. The van der Waals surface area contributed by atoms with Gasteiger partial charge < -0.3 is 15.3 Å². The Morgan fingerprint density at radius 1 is 1.29 bits per heavy atom. The van der Waals surface area contributed by atoms with Crippen LogP contribution in [-0.4, -0.2) is 55.6 Å². The Labute approximate surface area is 100 Å². The van der Waals surface area contributed by atoms with E-state index in [1.807, 2.05) is 0 Å². The molecule has 3 N–H and O–H groups in total. The van der Waals surface area contributed by atoms with Gasteiger partial charge in [0.1, 0.15) is 18.2 Å². The summed E-state index contributed by atoms with van der Waals surface area (Å²) in [5.41, 5.74) is -2.32. The van der Waals surface area contributed by atoms with Crippen molar-refractivity contribution in [3.63, 3.8) is 0 Å². The number of aliphatic carboxylic acids is 1. The lowest BCUT2D eigenvalue weighted by Gasteiger charge is -2.48. The highest BCUT2D eigenvalue weighted by Gasteiger charge is 2.69. The highest BCUT2D eigenvalue weighted by molar-refractivity contribution is 5.80. The third kappa shape index (κ3) is 1.63. The molecule has 1 aliphatic heterocycles. The van der Waals surface area contributed by atoms with E-state index in [2.05, 4.69) is 0 Å². The van der Waals surface area contributed by atoms with Gasteiger partial charge in [-0.15, -0.1) is 0 Å². The highest BCUT2D eigenvalue weighted by Crippen LogP contribution is 2.44. The van der Waals surface area contributed by atoms with Crippen molar-refractivity contribution in [2.24, 2.45) is 0 Å². The molecule has 0 aliphatic carbocycles. The first kappa shape index (κ1) is 13.9. The number of aliphatic hydroxyl groups is 1. The average Bonchev–Trinajstić information content (AvgIpc) is 2.38. The van der Waals surface area contributed by atoms with Crippen molar-refractivity contribution in [3.8, 4) is 0 Å². The Bertz CT molecular complexity index is 361. The maximum Gasteiger partial charge on any atom is 0.514 e. The lowest BCUT2D eigenvalue weighted by atomic mass is 9.90. The fourth-order valence-corrected chi connectivity index (χ4v) is 3.04. The van der Waals surface area contributed by atoms with Crippen LogP contribution in [0.1, 0.15) is 34.1 Å². The van der Waals surface area contributed by atoms with Gasteiger partial charge in [0, 0.05) is 13.3 Å². The second-order valence-electron chi connectivity index (χ2n) is 5.88. The zero-order valence-corrected chi connectivity index (χ0v) is 10.6. The number of carboxylic acids is 1. The van der Waals surface area contributed by atoms with Crippen LogP contribution in [0.3, 0.4) is 0 Å². The van der Waals surface area contributed by atoms with Crippen molar-refractivity contribution in [1.29, 1.82) is 0 Å². The molecule has 1 heterocycles. The van der Waals surface area contributed by atoms with E-state index in [-0.39, 0.29) is 13.0 Å². The van der Waals surface area contributed by atoms with E-state index in [0.717, 1.165) is 0 Å². The molecule has 0 aromatic carbocycles. The molecule has 1 unspecified atom stereocenters. The Kier molecular flexibility index (Phi) is 3.01. The van der Waals surface area contributed by atoms with Crippen LogP contribution >= 0.6 is 0 Å². The van der Waals surface area contributed by atoms with Crippen LogP contribution in [0.15, 0.2) is 0 Å². The molecule has 0 bridgehead atoms. The molecular formula is C11H20NO5+. The van der Waals surface area contributed by atoms with E-state index in [0.29, 0.717) is 0 Å². The number of carboxylic acid groups (broad SMARTS) is 2. The summed E-state index contributed by atoms with van der Waals surface area (Å²) in [7, 11) is 0. The molecule has 6 nitrogen and oxygen atoms in total. The number of likely N-dealkylation sites (tertiary alicyclic amines) is 1. The number of hydrogen-bond acceptors (Lipinski definition) is 3. The van der Waals surface area contributed by atoms with E-state index < -0.39 is 33.7 Å². The van der Waals surface area contributed by atoms with Gasteiger partial charge in [0.15, 0.2) is 0 Å². The van der Waals surface area contributed by atoms with Gasteiger partial charge in [-0.05, 0) is 20.8 Å². The quantitative estimate of drug-likeness (QED) is 0.597. The van der Waals surface area contributed by atoms with Crippen molar-refractivity contribution in [3.05, 3.63) is 0 Å². The van der Waals surface area contributed by atoms with Gasteiger partial charge in [-0.1, -0.05) is 0 Å². The molecule has 17 heavy (non-hydrogen) atoms. The van der Waals surface area contributed by atoms with Crippen molar-refractivity contribution in [2.45, 2.75) is 51.3 Å². The lowest BCUT2D eigenvalue weighted by molar-refractivity contribution is -0.929. The maximum atomic E-state index is 11.6. The molecule has 0 saturated carbocycles. The van der Waals surface area contributed by atoms with E-state index in [1.165, 1.54) is 6.92 Å². The molecule has 1 rings (SSSR count). The van der Waals surface area contributed by atoms with Gasteiger partial charge in [0.25, 0.3) is 0 Å². The monoisotopic (exact) mass is 246 g/mol. The van der Waals surface area contributed by atoms with Crippen molar-refractivity contribution in [2.75, 3.05) is 6.54 Å². The first-order valence-electron chi connectivity index (χ1n) is 5.52. The molecule has 0 aromatic heterocycles. The van der Waals surface area contributed by atoms with E-state index >= 15 is 0 Å². The van der Waals surface area contributed by atoms with E-state index in [9.17, 15) is 24.9 Å². The van der Waals surface area contributed by atoms with Crippen LogP contribution in [0.25, 0.3) is 0 Å². The van der Waals surface area contributed by atoms with Gasteiger partial charge >= 0.3 is 12.1 Å². The zero-order valence-electron chi connectivity index (χ0n) is 10.6. The SMILES string of the molecule is CC(C)(C)[N+]1(C(=O)O)C[C@@H](O)C[C@]1(C)C(=O)O. The molecule has 98 valence electrons. The number of rotatable bonds is 1. The Hall–Kier alpha value is -1.14. The molecule has 0 spiro atoms. The molecule has 1 amide bonds. The second kappa shape index (κ2) is 3.68. The minimum atomic E-state index is -1.51. The summed E-state index contributed by atoms with van der Waals surface area (Å²) in [6.45, 7) is 6.35. The van der Waals surface area contributed by atoms with Crippen LogP contribution in [-0.2, 0) is 4.79 Å². The zero-order chi connectivity index (χ0) is 13.6. The third-order valence-electron chi connectivity index (χ3n) is 3.89. The van der Waals surface area contributed by atoms with Crippen molar-refractivity contribution < 1.29 is 29.4 Å². The fraction of sp³-hybridized carbons (Fsp3) is 0.818. The summed E-state index contributed by atoms with van der Waals surface area (Å²) in [6.07, 6.45) is -2.17. The minimum absolute atomic E-state index is 0.0497. The lowest BCUT2D eigenvalue weighted by Crippen LogP contribution is -2.73. The van der Waals surface area contributed by atoms with E-state index in [1.54, 1.807) is 20.8 Å². The second-order valence-corrected chi connectivity index (χ2v) is 5.88. The summed E-state index contributed by atoms with van der Waals surface area (Å²) in [6, 6.07) is 0. The van der Waals surface area contributed by atoms with Gasteiger partial charge in [0.05, 0.1) is 0 Å². The first-order chi connectivity index (χ1) is 7.49. The number of amides is 1. The number of nitrogens with zero attached hydrogens (tertiary/aromatic N) is 1. The smallest absolute Gasteiger partial charge is 0.477 e. The standard InChI is InChI=1S/C11H19NO5/c1-10(2,3)12(9(16)17)6-7(13)5-11(12,4)8(14)15/h7,13H,5-6H2,1-4H3,(H-,14,15,16,17)/p+1/t7-,11+,12?/m0/s1. The third-order valence-corrected chi connectivity index (χ3v) is 3.89. The van der Waals surface area contributed by atoms with Crippen LogP contribution in [0.5, 0.6) is 0 Å². The van der Waals surface area contributed by atoms with Crippen LogP contribution in [0.2, 0.25) is 0 Å². The normalized spacial score (nSPS) is 38.1. The topological polar surface area (TPSA) is 94.8 Å². The Morgan fingerprint density at radius 2 is 1.76 bits per heavy atom. The predicted octanol–water partition coefficient (Wildman–Crippen LogP) is 0.888. The summed E-state index contributed by atoms with van der Waals surface area (Å²) >= 11 is 0. The molecule has 3 atom stereocenters. The molecule has 1 saturated heterocycles. The van der Waals surface area contributed by atoms with Crippen LogP contribution in [0.4, 0.5) is 4.79 Å². The number of carbonyl (C=O) groups is 2. The predicted molar refractivity (Wildman–Crippen MR) is 59.6 cm³/mol. The van der Waals surface area contributed by atoms with Gasteiger partial charge in [-0.25, -0.2) is 9.28 Å². The Morgan fingerprint density at radius 3 is 2.00 bits per heavy atom. The number of hydrogen-bond donors (Lipinski definition) is 3. The highest BCUT2D eigenvalue weighted by atomic mass is 16.4. The summed E-state index contributed by atoms with van der Waals surface area (Å²) in [4.78, 5) is 23.1. The molecule has 0 aromatic rings. The summed E-state index contributed by atoms with van der Waals surface area (Å²) in [5.74, 6) is -1.19. The number of aliphatic hydroxyl groups excluding tert-OH is 1. The summed E-state index contributed by atoms with van der Waals surface area (Å²) < 4.78 is -0.656. The molecule has 0 radical (unpaired) electrons. The summed E-state index contributed by atoms with van der Waals surface area (Å²) in [5, 5.41) is 28.6. The van der Waals surface area contributed by atoms with Crippen molar-refractivity contribution in [1.82, 2.24) is 0 Å². The van der Waals surface area contributed by atoms with Gasteiger partial charge in [0.2, 0.25) is 5.54 Å². The largest absolute Gasteiger partial charge is 0.514 e. The molecule has 1 aliphatic rings. The first-order valence-corrected chi connectivity index (χ1v) is 5.52. The Balaban J connectivity index is 3.49. The van der Waals surface area contributed by atoms with Crippen molar-refractivity contribution >= 4 is 12.1 Å². The molecular weight excluding hydrogens is 226 g/mol. The molecule has 6 heteroatoms. The maximum absolute atomic E-state index is 11.6. The number of quaternary nitrogens is 1. The van der Waals surface area contributed by atoms with Gasteiger partial charge in [-0.2, -0.15) is 4.79 Å². The average molecular weight is 246 g/mol. The van der Waals surface area contributed by atoms with Crippen LogP contribution in [0, 0.1) is 0 Å². The van der Waals surface area contributed by atoms with E-state index in [4.69, 9.17) is 0 Å². The van der Waals surface area contributed by atoms with Crippen LogP contribution < -0.4 is 0 Å².